The summed E-state index contributed by atoms with van der Waals surface area (Å²) in [6, 6.07) is 6.58. The lowest BCUT2D eigenvalue weighted by atomic mass is 10.3. The molecule has 0 saturated carbocycles. The molecule has 7 nitrogen and oxygen atoms in total. The molecule has 0 saturated heterocycles. The Morgan fingerprint density at radius 1 is 1.37 bits per heavy atom. The van der Waals surface area contributed by atoms with Crippen LogP contribution in [0.15, 0.2) is 30.6 Å². The van der Waals surface area contributed by atoms with Gasteiger partial charge in [0.05, 0.1) is 11.5 Å². The summed E-state index contributed by atoms with van der Waals surface area (Å²) in [5.41, 5.74) is 0.889. The third-order valence-corrected chi connectivity index (χ3v) is 2.73. The highest BCUT2D eigenvalue weighted by atomic mass is 16.6. The third-order valence-electron chi connectivity index (χ3n) is 2.73. The van der Waals surface area contributed by atoms with Crippen molar-refractivity contribution in [3.05, 3.63) is 46.5 Å². The molecule has 19 heavy (non-hydrogen) atoms. The van der Waals surface area contributed by atoms with Gasteiger partial charge in [0.2, 0.25) is 0 Å². The first-order valence-corrected chi connectivity index (χ1v) is 5.94. The van der Waals surface area contributed by atoms with E-state index in [0.29, 0.717) is 12.6 Å². The Morgan fingerprint density at radius 2 is 2.05 bits per heavy atom. The Bertz CT molecular complexity index is 562. The molecule has 0 aliphatic heterocycles. The van der Waals surface area contributed by atoms with Gasteiger partial charge in [-0.3, -0.25) is 10.1 Å². The van der Waals surface area contributed by atoms with Gasteiger partial charge < -0.3 is 9.88 Å². The molecule has 0 spiro atoms. The SMILES string of the molecule is CC(C)n1cnnc1CNc1ccc([N+](=O)[O-])cc1. The van der Waals surface area contributed by atoms with Crippen LogP contribution in [0.1, 0.15) is 25.7 Å². The fraction of sp³-hybridized carbons (Fsp3) is 0.333. The summed E-state index contributed by atoms with van der Waals surface area (Å²) in [5.74, 6) is 0.827. The van der Waals surface area contributed by atoms with Crippen molar-refractivity contribution in [2.75, 3.05) is 5.32 Å². The molecule has 2 aromatic rings. The Balaban J connectivity index is 2.02. The van der Waals surface area contributed by atoms with Gasteiger partial charge in [-0.15, -0.1) is 10.2 Å². The summed E-state index contributed by atoms with van der Waals surface area (Å²) >= 11 is 0. The van der Waals surface area contributed by atoms with Crippen LogP contribution in [0.5, 0.6) is 0 Å². The molecular weight excluding hydrogens is 246 g/mol. The van der Waals surface area contributed by atoms with Crippen LogP contribution in [-0.4, -0.2) is 19.7 Å². The number of anilines is 1. The monoisotopic (exact) mass is 261 g/mol. The first-order valence-electron chi connectivity index (χ1n) is 5.94. The van der Waals surface area contributed by atoms with E-state index in [-0.39, 0.29) is 5.69 Å². The van der Waals surface area contributed by atoms with E-state index < -0.39 is 4.92 Å². The maximum Gasteiger partial charge on any atom is 0.269 e. The molecule has 0 aliphatic rings. The number of nitrogens with one attached hydrogen (secondary N) is 1. The number of non-ortho nitro benzene ring substituents is 1. The van der Waals surface area contributed by atoms with Crippen LogP contribution in [0.3, 0.4) is 0 Å². The van der Waals surface area contributed by atoms with E-state index in [2.05, 4.69) is 29.4 Å². The quantitative estimate of drug-likeness (QED) is 0.659. The van der Waals surface area contributed by atoms with Crippen molar-refractivity contribution in [3.8, 4) is 0 Å². The molecule has 0 fully saturated rings. The number of benzene rings is 1. The summed E-state index contributed by atoms with van der Waals surface area (Å²) in [5, 5.41) is 21.6. The second-order valence-electron chi connectivity index (χ2n) is 4.41. The average molecular weight is 261 g/mol. The van der Waals surface area contributed by atoms with Crippen molar-refractivity contribution in [1.29, 1.82) is 0 Å². The second kappa shape index (κ2) is 5.47. The molecule has 0 bridgehead atoms. The van der Waals surface area contributed by atoms with Crippen LogP contribution in [-0.2, 0) is 6.54 Å². The number of hydrogen-bond donors (Lipinski definition) is 1. The van der Waals surface area contributed by atoms with Crippen molar-refractivity contribution >= 4 is 11.4 Å². The Labute approximate surface area is 110 Å². The summed E-state index contributed by atoms with van der Waals surface area (Å²) in [6.07, 6.45) is 1.69. The minimum atomic E-state index is -0.417. The number of aromatic nitrogens is 3. The van der Waals surface area contributed by atoms with Gasteiger partial charge in [-0.2, -0.15) is 0 Å². The zero-order chi connectivity index (χ0) is 13.8. The van der Waals surface area contributed by atoms with Crippen molar-refractivity contribution in [2.24, 2.45) is 0 Å². The fourth-order valence-corrected chi connectivity index (χ4v) is 1.71. The van der Waals surface area contributed by atoms with Crippen LogP contribution in [0, 0.1) is 10.1 Å². The van der Waals surface area contributed by atoms with Crippen LogP contribution in [0.2, 0.25) is 0 Å². The molecule has 0 amide bonds. The molecule has 0 radical (unpaired) electrons. The molecule has 1 aromatic carbocycles. The lowest BCUT2D eigenvalue weighted by molar-refractivity contribution is -0.384. The van der Waals surface area contributed by atoms with Gasteiger partial charge >= 0.3 is 0 Å². The molecule has 1 N–H and O–H groups in total. The molecule has 0 unspecified atom stereocenters. The van der Waals surface area contributed by atoms with E-state index in [1.807, 2.05) is 4.57 Å². The first-order chi connectivity index (χ1) is 9.08. The maximum absolute atomic E-state index is 10.5. The van der Waals surface area contributed by atoms with E-state index >= 15 is 0 Å². The van der Waals surface area contributed by atoms with Gasteiger partial charge in [0.1, 0.15) is 6.33 Å². The zero-order valence-corrected chi connectivity index (χ0v) is 10.8. The smallest absolute Gasteiger partial charge is 0.269 e. The standard InChI is InChI=1S/C12H15N5O2/c1-9(2)16-8-14-15-12(16)7-13-10-3-5-11(6-4-10)17(18)19/h3-6,8-9,13H,7H2,1-2H3. The lowest BCUT2D eigenvalue weighted by Gasteiger charge is -2.11. The number of rotatable bonds is 5. The van der Waals surface area contributed by atoms with E-state index in [1.165, 1.54) is 12.1 Å². The van der Waals surface area contributed by atoms with E-state index in [0.717, 1.165) is 11.5 Å². The molecule has 1 aromatic heterocycles. The summed E-state index contributed by atoms with van der Waals surface area (Å²) in [4.78, 5) is 10.1. The molecule has 7 heteroatoms. The van der Waals surface area contributed by atoms with Gasteiger partial charge in [-0.25, -0.2) is 0 Å². The van der Waals surface area contributed by atoms with Crippen LogP contribution in [0.25, 0.3) is 0 Å². The van der Waals surface area contributed by atoms with Crippen molar-refractivity contribution in [3.63, 3.8) is 0 Å². The maximum atomic E-state index is 10.5. The molecule has 100 valence electrons. The van der Waals surface area contributed by atoms with E-state index in [4.69, 9.17) is 0 Å². The van der Waals surface area contributed by atoms with Crippen molar-refractivity contribution < 1.29 is 4.92 Å². The fourth-order valence-electron chi connectivity index (χ4n) is 1.71. The van der Waals surface area contributed by atoms with Crippen LogP contribution >= 0.6 is 0 Å². The van der Waals surface area contributed by atoms with Crippen molar-refractivity contribution in [2.45, 2.75) is 26.4 Å². The normalized spacial score (nSPS) is 10.7. The van der Waals surface area contributed by atoms with Crippen LogP contribution in [0.4, 0.5) is 11.4 Å². The summed E-state index contributed by atoms with van der Waals surface area (Å²) < 4.78 is 1.97. The zero-order valence-electron chi connectivity index (χ0n) is 10.8. The molecular formula is C12H15N5O2. The molecule has 0 atom stereocenters. The van der Waals surface area contributed by atoms with Gasteiger partial charge in [0.15, 0.2) is 5.82 Å². The second-order valence-corrected chi connectivity index (χ2v) is 4.41. The summed E-state index contributed by atoms with van der Waals surface area (Å²) in [7, 11) is 0. The number of nitro groups is 1. The van der Waals surface area contributed by atoms with Gasteiger partial charge in [0, 0.05) is 23.9 Å². The van der Waals surface area contributed by atoms with E-state index in [9.17, 15) is 10.1 Å². The predicted molar refractivity (Wildman–Crippen MR) is 70.8 cm³/mol. The number of nitro benzene ring substituents is 1. The third kappa shape index (κ3) is 3.06. The topological polar surface area (TPSA) is 85.9 Å². The summed E-state index contributed by atoms with van der Waals surface area (Å²) in [6.45, 7) is 4.63. The van der Waals surface area contributed by atoms with Gasteiger partial charge in [0.25, 0.3) is 5.69 Å². The van der Waals surface area contributed by atoms with Crippen LogP contribution < -0.4 is 5.32 Å². The molecule has 1 heterocycles. The largest absolute Gasteiger partial charge is 0.378 e. The first kappa shape index (κ1) is 13.0. The Kier molecular flexibility index (Phi) is 3.74. The predicted octanol–water partition coefficient (Wildman–Crippen LogP) is 2.38. The van der Waals surface area contributed by atoms with Gasteiger partial charge in [-0.05, 0) is 26.0 Å². The Hall–Kier alpha value is -2.44. The van der Waals surface area contributed by atoms with Gasteiger partial charge in [-0.1, -0.05) is 0 Å². The number of hydrogen-bond acceptors (Lipinski definition) is 5. The number of nitrogens with zero attached hydrogens (tertiary/aromatic N) is 4. The van der Waals surface area contributed by atoms with Crippen molar-refractivity contribution in [1.82, 2.24) is 14.8 Å². The molecule has 2 rings (SSSR count). The highest BCUT2D eigenvalue weighted by Crippen LogP contribution is 2.16. The lowest BCUT2D eigenvalue weighted by Crippen LogP contribution is -2.10. The molecule has 0 aliphatic carbocycles. The van der Waals surface area contributed by atoms with E-state index in [1.54, 1.807) is 18.5 Å². The Morgan fingerprint density at radius 3 is 2.63 bits per heavy atom. The average Bonchev–Trinajstić information content (AvgIpc) is 2.85. The highest BCUT2D eigenvalue weighted by Gasteiger charge is 2.07. The minimum Gasteiger partial charge on any atom is -0.378 e. The minimum absolute atomic E-state index is 0.0795. The highest BCUT2D eigenvalue weighted by molar-refractivity contribution is 5.48.